The third-order valence-electron chi connectivity index (χ3n) is 3.80. The van der Waals surface area contributed by atoms with Crippen molar-refractivity contribution in [2.45, 2.75) is 0 Å². The number of aromatic hydroxyl groups is 1. The van der Waals surface area contributed by atoms with E-state index in [1.54, 1.807) is 18.2 Å². The molecule has 0 aliphatic carbocycles. The first-order valence-electron chi connectivity index (χ1n) is 7.20. The van der Waals surface area contributed by atoms with Crippen molar-refractivity contribution < 1.29 is 5.11 Å². The lowest BCUT2D eigenvalue weighted by molar-refractivity contribution is 0.475. The Morgan fingerprint density at radius 3 is 2.57 bits per heavy atom. The van der Waals surface area contributed by atoms with E-state index >= 15 is 0 Å². The van der Waals surface area contributed by atoms with Crippen molar-refractivity contribution in [2.75, 3.05) is 5.73 Å². The van der Waals surface area contributed by atoms with Crippen LogP contribution in [0.3, 0.4) is 0 Å². The number of phenols is 1. The molecule has 5 nitrogen and oxygen atoms in total. The molecule has 4 aromatic rings. The van der Waals surface area contributed by atoms with E-state index in [-0.39, 0.29) is 5.75 Å². The summed E-state index contributed by atoms with van der Waals surface area (Å²) < 4.78 is 1.91. The normalized spacial score (nSPS) is 11.0. The van der Waals surface area contributed by atoms with Gasteiger partial charge in [-0.05, 0) is 17.7 Å². The fraction of sp³-hybridized carbons (Fsp3) is 0. The van der Waals surface area contributed by atoms with Crippen molar-refractivity contribution in [3.05, 3.63) is 67.1 Å². The Hall–Kier alpha value is -3.34. The van der Waals surface area contributed by atoms with E-state index < -0.39 is 0 Å². The maximum Gasteiger partial charge on any atom is 0.151 e. The van der Waals surface area contributed by atoms with Crippen LogP contribution in [-0.2, 0) is 0 Å². The Bertz CT molecular complexity index is 993. The number of hydrogen-bond donors (Lipinski definition) is 2. The Labute approximate surface area is 132 Å². The van der Waals surface area contributed by atoms with Gasteiger partial charge in [0.1, 0.15) is 23.1 Å². The number of hydrogen-bond acceptors (Lipinski definition) is 4. The molecule has 0 radical (unpaired) electrons. The number of nitrogens with zero attached hydrogens (tertiary/aromatic N) is 3. The van der Waals surface area contributed by atoms with E-state index in [1.165, 1.54) is 6.33 Å². The maximum absolute atomic E-state index is 9.76. The van der Waals surface area contributed by atoms with Gasteiger partial charge in [-0.15, -0.1) is 0 Å². The van der Waals surface area contributed by atoms with Gasteiger partial charge in [-0.25, -0.2) is 9.97 Å². The number of rotatable bonds is 2. The highest BCUT2D eigenvalue weighted by molar-refractivity contribution is 5.98. The molecule has 0 aliphatic rings. The summed E-state index contributed by atoms with van der Waals surface area (Å²) in [6, 6.07) is 17.0. The first-order valence-corrected chi connectivity index (χ1v) is 7.20. The zero-order chi connectivity index (χ0) is 15.8. The van der Waals surface area contributed by atoms with Crippen molar-refractivity contribution in [1.82, 2.24) is 14.5 Å². The summed E-state index contributed by atoms with van der Waals surface area (Å²) in [6.07, 6.45) is 3.44. The molecule has 3 N–H and O–H groups in total. The molecule has 0 saturated carbocycles. The van der Waals surface area contributed by atoms with Crippen molar-refractivity contribution in [2.24, 2.45) is 0 Å². The molecule has 2 aromatic heterocycles. The molecule has 112 valence electrons. The van der Waals surface area contributed by atoms with E-state index in [2.05, 4.69) is 9.97 Å². The van der Waals surface area contributed by atoms with Crippen molar-refractivity contribution in [3.63, 3.8) is 0 Å². The summed E-state index contributed by atoms with van der Waals surface area (Å²) in [5.74, 6) is 0.599. The van der Waals surface area contributed by atoms with Crippen LogP contribution in [0.25, 0.3) is 27.8 Å². The first-order chi connectivity index (χ1) is 11.2. The lowest BCUT2D eigenvalue weighted by atomic mass is 10.1. The molecule has 0 aliphatic heterocycles. The second kappa shape index (κ2) is 5.14. The zero-order valence-corrected chi connectivity index (χ0v) is 12.2. The molecule has 2 heterocycles. The van der Waals surface area contributed by atoms with Crippen molar-refractivity contribution >= 4 is 16.9 Å². The molecule has 0 saturated heterocycles. The highest BCUT2D eigenvalue weighted by Gasteiger charge is 2.15. The molecule has 0 bridgehead atoms. The van der Waals surface area contributed by atoms with E-state index in [9.17, 15) is 5.11 Å². The molecule has 0 unspecified atom stereocenters. The molecule has 2 aromatic carbocycles. The van der Waals surface area contributed by atoms with Gasteiger partial charge in [-0.1, -0.05) is 36.4 Å². The van der Waals surface area contributed by atoms with Gasteiger partial charge in [-0.2, -0.15) is 0 Å². The third-order valence-corrected chi connectivity index (χ3v) is 3.80. The first kappa shape index (κ1) is 13.3. The average molecular weight is 302 g/mol. The van der Waals surface area contributed by atoms with Gasteiger partial charge in [0.25, 0.3) is 0 Å². The van der Waals surface area contributed by atoms with Crippen LogP contribution < -0.4 is 5.73 Å². The van der Waals surface area contributed by atoms with Crippen molar-refractivity contribution in [1.29, 1.82) is 0 Å². The second-order valence-electron chi connectivity index (χ2n) is 5.25. The number of anilines is 1. The van der Waals surface area contributed by atoms with Crippen molar-refractivity contribution in [3.8, 4) is 22.6 Å². The Kier molecular flexibility index (Phi) is 2.98. The predicted octanol–water partition coefficient (Wildman–Crippen LogP) is 3.38. The number of phenolic OH excluding ortho intramolecular Hbond substituents is 1. The number of nitrogen functional groups attached to an aromatic ring is 1. The smallest absolute Gasteiger partial charge is 0.151 e. The molecule has 0 atom stereocenters. The highest BCUT2D eigenvalue weighted by atomic mass is 16.3. The number of aromatic nitrogens is 3. The number of benzene rings is 2. The van der Waals surface area contributed by atoms with Gasteiger partial charge in [-0.3, -0.25) is 0 Å². The van der Waals surface area contributed by atoms with Gasteiger partial charge in [0.05, 0.1) is 0 Å². The molecule has 0 fully saturated rings. The van der Waals surface area contributed by atoms with Gasteiger partial charge in [0, 0.05) is 23.5 Å². The summed E-state index contributed by atoms with van der Waals surface area (Å²) in [7, 11) is 0. The van der Waals surface area contributed by atoms with Crippen LogP contribution >= 0.6 is 0 Å². The predicted molar refractivity (Wildman–Crippen MR) is 90.4 cm³/mol. The highest BCUT2D eigenvalue weighted by Crippen LogP contribution is 2.33. The molecular weight excluding hydrogens is 288 g/mol. The van der Waals surface area contributed by atoms with Gasteiger partial charge in [0.2, 0.25) is 0 Å². The third kappa shape index (κ3) is 2.19. The Morgan fingerprint density at radius 1 is 0.957 bits per heavy atom. The maximum atomic E-state index is 9.76. The largest absolute Gasteiger partial charge is 0.508 e. The quantitative estimate of drug-likeness (QED) is 0.595. The second-order valence-corrected chi connectivity index (χ2v) is 5.25. The van der Waals surface area contributed by atoms with Crippen LogP contribution in [0.4, 0.5) is 5.82 Å². The van der Waals surface area contributed by atoms with E-state index in [4.69, 9.17) is 5.73 Å². The molecule has 5 heteroatoms. The minimum absolute atomic E-state index is 0.195. The minimum atomic E-state index is 0.195. The SMILES string of the molecule is Nc1ncnc2c(-c3ccccc3)cn(-c3cccc(O)c3)c12. The Morgan fingerprint density at radius 2 is 1.78 bits per heavy atom. The fourth-order valence-corrected chi connectivity index (χ4v) is 2.76. The van der Waals surface area contributed by atoms with Crippen LogP contribution in [0.1, 0.15) is 0 Å². The van der Waals surface area contributed by atoms with E-state index in [1.807, 2.05) is 47.2 Å². The van der Waals surface area contributed by atoms with Crippen LogP contribution in [-0.4, -0.2) is 19.6 Å². The number of fused-ring (bicyclic) bond motifs is 1. The van der Waals surface area contributed by atoms with E-state index in [0.29, 0.717) is 5.82 Å². The van der Waals surface area contributed by atoms with Crippen LogP contribution in [0.5, 0.6) is 5.75 Å². The summed E-state index contributed by atoms with van der Waals surface area (Å²) >= 11 is 0. The van der Waals surface area contributed by atoms with Crippen LogP contribution in [0, 0.1) is 0 Å². The number of nitrogens with two attached hydrogens (primary N) is 1. The van der Waals surface area contributed by atoms with Crippen LogP contribution in [0.2, 0.25) is 0 Å². The zero-order valence-electron chi connectivity index (χ0n) is 12.2. The fourth-order valence-electron chi connectivity index (χ4n) is 2.76. The summed E-state index contributed by atoms with van der Waals surface area (Å²) in [4.78, 5) is 8.52. The molecule has 23 heavy (non-hydrogen) atoms. The van der Waals surface area contributed by atoms with E-state index in [0.717, 1.165) is 27.8 Å². The lowest BCUT2D eigenvalue weighted by Crippen LogP contribution is -1.98. The minimum Gasteiger partial charge on any atom is -0.508 e. The Balaban J connectivity index is 2.06. The molecule has 4 rings (SSSR count). The van der Waals surface area contributed by atoms with Gasteiger partial charge < -0.3 is 15.4 Å². The topological polar surface area (TPSA) is 77.0 Å². The molecule has 0 amide bonds. The monoisotopic (exact) mass is 302 g/mol. The standard InChI is InChI=1S/C18H14N4O/c19-18-17-16(20-11-21-18)15(12-5-2-1-3-6-12)10-22(17)13-7-4-8-14(23)9-13/h1-11,23H,(H2,19,20,21). The molecule has 0 spiro atoms. The van der Waals surface area contributed by atoms with Gasteiger partial charge in [0.15, 0.2) is 5.82 Å². The summed E-state index contributed by atoms with van der Waals surface area (Å²) in [5, 5.41) is 9.76. The van der Waals surface area contributed by atoms with Gasteiger partial charge >= 0.3 is 0 Å². The summed E-state index contributed by atoms with van der Waals surface area (Å²) in [6.45, 7) is 0. The summed E-state index contributed by atoms with van der Waals surface area (Å²) in [5.41, 5.74) is 10.4. The van der Waals surface area contributed by atoms with Crippen LogP contribution in [0.15, 0.2) is 67.1 Å². The average Bonchev–Trinajstić information content (AvgIpc) is 2.97. The molecular formula is C18H14N4O. The lowest BCUT2D eigenvalue weighted by Gasteiger charge is -2.06.